The Labute approximate surface area is 174 Å². The van der Waals surface area contributed by atoms with Crippen molar-refractivity contribution in [3.8, 4) is 17.2 Å². The third-order valence-electron chi connectivity index (χ3n) is 7.04. The number of carbonyl (C=O) groups is 1. The Bertz CT molecular complexity index is 917. The van der Waals surface area contributed by atoms with Crippen LogP contribution in [0.5, 0.6) is 17.2 Å². The van der Waals surface area contributed by atoms with Gasteiger partial charge in [-0.2, -0.15) is 0 Å². The Balaban J connectivity index is 1.10. The first kappa shape index (κ1) is 17.6. The first-order valence-corrected chi connectivity index (χ1v) is 11.4. The molecule has 1 N–H and O–H groups in total. The van der Waals surface area contributed by atoms with Gasteiger partial charge in [-0.15, -0.1) is 11.3 Å². The van der Waals surface area contributed by atoms with Crippen LogP contribution in [-0.2, 0) is 6.61 Å². The molecule has 1 aromatic carbocycles. The average molecular weight is 412 g/mol. The highest BCUT2D eigenvalue weighted by atomic mass is 32.1. The zero-order valence-electron chi connectivity index (χ0n) is 16.3. The Hall–Kier alpha value is -2.21. The van der Waals surface area contributed by atoms with Crippen LogP contribution in [0.4, 0.5) is 0 Å². The number of amides is 1. The molecule has 5 aliphatic rings. The predicted molar refractivity (Wildman–Crippen MR) is 110 cm³/mol. The Kier molecular flexibility index (Phi) is 4.05. The molecule has 1 amide bonds. The summed E-state index contributed by atoms with van der Waals surface area (Å²) in [6, 6.07) is 7.54. The number of ether oxygens (including phenoxy) is 3. The maximum absolute atomic E-state index is 13.0. The van der Waals surface area contributed by atoms with Crippen molar-refractivity contribution < 1.29 is 19.0 Å². The minimum atomic E-state index is 0.0545. The standard InChI is InChI=1S/C23H25NO4S/c25-22(24-23-8-14-3-15(9-23)5-16(4-14)10-23)21-6-17(12-29-21)11-26-18-1-2-19-20(7-18)28-13-27-19/h1-2,6-7,12,14-16H,3-5,8-11,13H2,(H,24,25). The molecule has 29 heavy (non-hydrogen) atoms. The van der Waals surface area contributed by atoms with Crippen molar-refractivity contribution in [1.82, 2.24) is 5.32 Å². The van der Waals surface area contributed by atoms with Crippen LogP contribution in [0.15, 0.2) is 29.6 Å². The summed E-state index contributed by atoms with van der Waals surface area (Å²) in [4.78, 5) is 13.8. The Morgan fingerprint density at radius 2 is 1.79 bits per heavy atom. The molecule has 1 aromatic heterocycles. The number of carbonyl (C=O) groups excluding carboxylic acids is 1. The molecule has 4 bridgehead atoms. The lowest BCUT2D eigenvalue weighted by Gasteiger charge is -2.56. The van der Waals surface area contributed by atoms with Gasteiger partial charge in [-0.05, 0) is 79.9 Å². The SMILES string of the molecule is O=C(NC12CC3CC(CC(C3)C1)C2)c1cc(COc2ccc3c(c2)OCO3)cs1. The number of thiophene rings is 1. The number of rotatable bonds is 5. The van der Waals surface area contributed by atoms with Gasteiger partial charge in [0.25, 0.3) is 5.91 Å². The highest BCUT2D eigenvalue weighted by Gasteiger charge is 2.51. The van der Waals surface area contributed by atoms with Gasteiger partial charge in [0, 0.05) is 17.2 Å². The second-order valence-electron chi connectivity index (χ2n) is 9.27. The van der Waals surface area contributed by atoms with Gasteiger partial charge >= 0.3 is 0 Å². The van der Waals surface area contributed by atoms with E-state index in [1.54, 1.807) is 0 Å². The van der Waals surface area contributed by atoms with Gasteiger partial charge in [-0.25, -0.2) is 0 Å². The van der Waals surface area contributed by atoms with E-state index >= 15 is 0 Å². The molecule has 4 saturated carbocycles. The van der Waals surface area contributed by atoms with Gasteiger partial charge in [0.15, 0.2) is 11.5 Å². The second-order valence-corrected chi connectivity index (χ2v) is 10.2. The largest absolute Gasteiger partial charge is 0.489 e. The lowest BCUT2D eigenvalue weighted by atomic mass is 9.53. The van der Waals surface area contributed by atoms with E-state index in [0.29, 0.717) is 12.4 Å². The van der Waals surface area contributed by atoms with Crippen LogP contribution >= 0.6 is 11.3 Å². The van der Waals surface area contributed by atoms with Gasteiger partial charge < -0.3 is 19.5 Å². The van der Waals surface area contributed by atoms with Crippen LogP contribution in [-0.4, -0.2) is 18.2 Å². The van der Waals surface area contributed by atoms with E-state index in [9.17, 15) is 4.79 Å². The minimum absolute atomic E-state index is 0.0545. The molecule has 0 spiro atoms. The molecule has 2 heterocycles. The Morgan fingerprint density at radius 1 is 1.07 bits per heavy atom. The summed E-state index contributed by atoms with van der Waals surface area (Å²) < 4.78 is 16.6. The normalized spacial score (nSPS) is 31.1. The number of fused-ring (bicyclic) bond motifs is 1. The smallest absolute Gasteiger partial charge is 0.261 e. The molecule has 0 unspecified atom stereocenters. The van der Waals surface area contributed by atoms with Gasteiger partial charge in [0.05, 0.1) is 4.88 Å². The number of hydrogen-bond acceptors (Lipinski definition) is 5. The van der Waals surface area contributed by atoms with Crippen LogP contribution in [0.2, 0.25) is 0 Å². The zero-order valence-corrected chi connectivity index (χ0v) is 17.1. The number of hydrogen-bond donors (Lipinski definition) is 1. The second kappa shape index (κ2) is 6.66. The topological polar surface area (TPSA) is 56.8 Å². The van der Waals surface area contributed by atoms with Crippen molar-refractivity contribution in [3.63, 3.8) is 0 Å². The molecule has 0 saturated heterocycles. The van der Waals surface area contributed by atoms with Crippen molar-refractivity contribution in [2.75, 3.05) is 6.79 Å². The highest BCUT2D eigenvalue weighted by Crippen LogP contribution is 2.55. The molecule has 4 fully saturated rings. The lowest BCUT2D eigenvalue weighted by molar-refractivity contribution is -0.0166. The van der Waals surface area contributed by atoms with E-state index in [2.05, 4.69) is 5.32 Å². The van der Waals surface area contributed by atoms with E-state index in [1.165, 1.54) is 49.9 Å². The van der Waals surface area contributed by atoms with Crippen molar-refractivity contribution >= 4 is 17.2 Å². The fraction of sp³-hybridized carbons (Fsp3) is 0.522. The van der Waals surface area contributed by atoms with Crippen LogP contribution in [0.25, 0.3) is 0 Å². The summed E-state index contributed by atoms with van der Waals surface area (Å²) in [6.45, 7) is 0.687. The molecule has 4 aliphatic carbocycles. The van der Waals surface area contributed by atoms with E-state index in [1.807, 2.05) is 29.6 Å². The first-order valence-electron chi connectivity index (χ1n) is 10.6. The van der Waals surface area contributed by atoms with Crippen LogP contribution in [0, 0.1) is 17.8 Å². The third kappa shape index (κ3) is 3.27. The molecule has 152 valence electrons. The minimum Gasteiger partial charge on any atom is -0.489 e. The average Bonchev–Trinajstić information content (AvgIpc) is 3.34. The number of nitrogens with one attached hydrogen (secondary N) is 1. The van der Waals surface area contributed by atoms with Crippen LogP contribution < -0.4 is 19.5 Å². The fourth-order valence-electron chi connectivity index (χ4n) is 6.27. The van der Waals surface area contributed by atoms with E-state index < -0.39 is 0 Å². The van der Waals surface area contributed by atoms with E-state index in [0.717, 1.165) is 39.7 Å². The van der Waals surface area contributed by atoms with Crippen LogP contribution in [0.1, 0.15) is 53.8 Å². The summed E-state index contributed by atoms with van der Waals surface area (Å²) in [5, 5.41) is 5.47. The van der Waals surface area contributed by atoms with Crippen molar-refractivity contribution in [2.45, 2.75) is 50.7 Å². The summed E-state index contributed by atoms with van der Waals surface area (Å²) in [6.07, 6.45) is 7.68. The van der Waals surface area contributed by atoms with Crippen molar-refractivity contribution in [3.05, 3.63) is 40.1 Å². The summed E-state index contributed by atoms with van der Waals surface area (Å²) in [5.41, 5.74) is 1.07. The summed E-state index contributed by atoms with van der Waals surface area (Å²) in [5.74, 6) is 4.77. The van der Waals surface area contributed by atoms with Gasteiger partial charge in [-0.3, -0.25) is 4.79 Å². The van der Waals surface area contributed by atoms with Crippen molar-refractivity contribution in [2.24, 2.45) is 17.8 Å². The maximum Gasteiger partial charge on any atom is 0.261 e. The molecule has 2 aromatic rings. The fourth-order valence-corrected chi connectivity index (χ4v) is 7.06. The third-order valence-corrected chi connectivity index (χ3v) is 8.02. The van der Waals surface area contributed by atoms with Crippen LogP contribution in [0.3, 0.4) is 0 Å². The lowest BCUT2D eigenvalue weighted by Crippen LogP contribution is -2.59. The highest BCUT2D eigenvalue weighted by molar-refractivity contribution is 7.12. The zero-order chi connectivity index (χ0) is 19.4. The summed E-state index contributed by atoms with van der Waals surface area (Å²) >= 11 is 1.50. The molecule has 1 aliphatic heterocycles. The monoisotopic (exact) mass is 411 g/mol. The number of benzene rings is 1. The first-order chi connectivity index (χ1) is 14.1. The van der Waals surface area contributed by atoms with Gasteiger partial charge in [-0.1, -0.05) is 0 Å². The molecule has 0 radical (unpaired) electrons. The molecular formula is C23H25NO4S. The van der Waals surface area contributed by atoms with Crippen molar-refractivity contribution in [1.29, 1.82) is 0 Å². The van der Waals surface area contributed by atoms with E-state index in [4.69, 9.17) is 14.2 Å². The Morgan fingerprint density at radius 3 is 2.55 bits per heavy atom. The van der Waals surface area contributed by atoms with Gasteiger partial charge in [0.1, 0.15) is 12.4 Å². The summed E-state index contributed by atoms with van der Waals surface area (Å²) in [7, 11) is 0. The van der Waals surface area contributed by atoms with E-state index in [-0.39, 0.29) is 18.2 Å². The molecule has 6 heteroatoms. The quantitative estimate of drug-likeness (QED) is 0.771. The predicted octanol–water partition coefficient (Wildman–Crippen LogP) is 4.75. The molecule has 0 atom stereocenters. The molecular weight excluding hydrogens is 386 g/mol. The molecule has 7 rings (SSSR count). The molecule has 5 nitrogen and oxygen atoms in total. The maximum atomic E-state index is 13.0. The van der Waals surface area contributed by atoms with Gasteiger partial charge in [0.2, 0.25) is 6.79 Å².